The summed E-state index contributed by atoms with van der Waals surface area (Å²) in [5, 5.41) is 20.7. The maximum atomic E-state index is 10.9. The van der Waals surface area contributed by atoms with Crippen LogP contribution in [0.5, 0.6) is 11.5 Å². The van der Waals surface area contributed by atoms with E-state index in [1.165, 1.54) is 6.07 Å². The van der Waals surface area contributed by atoms with Crippen molar-refractivity contribution in [1.82, 2.24) is 0 Å². The van der Waals surface area contributed by atoms with Crippen LogP contribution < -0.4 is 4.74 Å². The van der Waals surface area contributed by atoms with E-state index in [4.69, 9.17) is 16.3 Å². The Hall–Kier alpha value is -2.11. The summed E-state index contributed by atoms with van der Waals surface area (Å²) in [5.41, 5.74) is 1.09. The molecule has 1 atom stereocenters. The number of rotatable bonds is 4. The zero-order chi connectivity index (χ0) is 15.6. The fourth-order valence-corrected chi connectivity index (χ4v) is 2.12. The van der Waals surface area contributed by atoms with Gasteiger partial charge in [0.1, 0.15) is 11.5 Å². The Balaban J connectivity index is 2.35. The van der Waals surface area contributed by atoms with Crippen LogP contribution in [0.2, 0.25) is 5.02 Å². The van der Waals surface area contributed by atoms with Gasteiger partial charge in [0.2, 0.25) is 0 Å². The molecular weight excluding hydrogens is 294 g/mol. The van der Waals surface area contributed by atoms with Crippen molar-refractivity contribution in [3.63, 3.8) is 0 Å². The lowest BCUT2D eigenvalue weighted by molar-refractivity contribution is -0.385. The highest BCUT2D eigenvalue weighted by Crippen LogP contribution is 2.35. The van der Waals surface area contributed by atoms with Crippen LogP contribution in [0.25, 0.3) is 0 Å². The van der Waals surface area contributed by atoms with Crippen molar-refractivity contribution >= 4 is 17.3 Å². The predicted molar refractivity (Wildman–Crippen MR) is 80.0 cm³/mol. The highest BCUT2D eigenvalue weighted by molar-refractivity contribution is 6.32. The molecule has 21 heavy (non-hydrogen) atoms. The number of hydrogen-bond donors (Lipinski definition) is 1. The highest BCUT2D eigenvalue weighted by Gasteiger charge is 2.16. The summed E-state index contributed by atoms with van der Waals surface area (Å²) < 4.78 is 5.65. The minimum Gasteiger partial charge on any atom is -0.455 e. The van der Waals surface area contributed by atoms with E-state index in [2.05, 4.69) is 0 Å². The number of ether oxygens (including phenoxy) is 1. The van der Waals surface area contributed by atoms with Gasteiger partial charge < -0.3 is 9.84 Å². The third-order valence-corrected chi connectivity index (χ3v) is 3.41. The van der Waals surface area contributed by atoms with Gasteiger partial charge in [0.15, 0.2) is 0 Å². The number of benzene rings is 2. The fourth-order valence-electron chi connectivity index (χ4n) is 1.89. The number of hydrogen-bond acceptors (Lipinski definition) is 4. The lowest BCUT2D eigenvalue weighted by Gasteiger charge is -2.12. The van der Waals surface area contributed by atoms with E-state index in [9.17, 15) is 15.2 Å². The number of nitro groups is 1. The largest absolute Gasteiger partial charge is 0.455 e. The van der Waals surface area contributed by atoms with Gasteiger partial charge in [-0.05, 0) is 37.6 Å². The minimum absolute atomic E-state index is 0.00998. The van der Waals surface area contributed by atoms with E-state index in [1.807, 2.05) is 0 Å². The predicted octanol–water partition coefficient (Wildman–Crippen LogP) is 4.40. The van der Waals surface area contributed by atoms with Crippen molar-refractivity contribution < 1.29 is 14.8 Å². The fraction of sp³-hybridized carbons (Fsp3) is 0.200. The third-order valence-electron chi connectivity index (χ3n) is 3.11. The van der Waals surface area contributed by atoms with Gasteiger partial charge in [0.05, 0.1) is 21.6 Å². The van der Waals surface area contributed by atoms with Crippen LogP contribution in [0.15, 0.2) is 36.4 Å². The maximum absolute atomic E-state index is 10.9. The van der Waals surface area contributed by atoms with Crippen LogP contribution in [-0.4, -0.2) is 10.0 Å². The summed E-state index contributed by atoms with van der Waals surface area (Å²) in [6, 6.07) is 9.54. The molecule has 0 bridgehead atoms. The number of halogens is 1. The lowest BCUT2D eigenvalue weighted by Crippen LogP contribution is -1.96. The average molecular weight is 308 g/mol. The summed E-state index contributed by atoms with van der Waals surface area (Å²) in [4.78, 5) is 10.5. The molecule has 0 aromatic heterocycles. The van der Waals surface area contributed by atoms with Crippen molar-refractivity contribution in [2.75, 3.05) is 0 Å². The molecule has 0 spiro atoms. The third kappa shape index (κ3) is 3.32. The maximum Gasteiger partial charge on any atom is 0.276 e. The molecule has 0 aliphatic carbocycles. The second kappa shape index (κ2) is 6.11. The van der Waals surface area contributed by atoms with E-state index in [0.717, 1.165) is 0 Å². The Bertz CT molecular complexity index is 685. The van der Waals surface area contributed by atoms with Gasteiger partial charge in [-0.25, -0.2) is 0 Å². The Morgan fingerprint density at radius 1 is 1.29 bits per heavy atom. The molecule has 110 valence electrons. The summed E-state index contributed by atoms with van der Waals surface area (Å²) in [7, 11) is 0. The molecule has 1 N–H and O–H groups in total. The molecule has 2 aromatic carbocycles. The number of nitrogens with zero attached hydrogens (tertiary/aromatic N) is 1. The normalized spacial score (nSPS) is 12.0. The Morgan fingerprint density at radius 3 is 2.57 bits per heavy atom. The van der Waals surface area contributed by atoms with Crippen LogP contribution in [0.4, 0.5) is 5.69 Å². The van der Waals surface area contributed by atoms with E-state index in [1.54, 1.807) is 44.2 Å². The molecule has 2 rings (SSSR count). The molecule has 0 aliphatic rings. The van der Waals surface area contributed by atoms with Gasteiger partial charge in [0, 0.05) is 6.07 Å². The quantitative estimate of drug-likeness (QED) is 0.671. The first-order valence-electron chi connectivity index (χ1n) is 6.29. The van der Waals surface area contributed by atoms with Crippen molar-refractivity contribution in [3.8, 4) is 11.5 Å². The van der Waals surface area contributed by atoms with E-state index in [-0.39, 0.29) is 5.69 Å². The Labute approximate surface area is 126 Å². The van der Waals surface area contributed by atoms with Gasteiger partial charge in [0.25, 0.3) is 5.69 Å². The SMILES string of the molecule is Cc1c(Oc2ccc(C(C)O)cc2Cl)cccc1[N+](=O)[O-]. The first-order valence-corrected chi connectivity index (χ1v) is 6.67. The molecule has 0 saturated heterocycles. The van der Waals surface area contributed by atoms with Crippen LogP contribution in [0, 0.1) is 17.0 Å². The smallest absolute Gasteiger partial charge is 0.276 e. The summed E-state index contributed by atoms with van der Waals surface area (Å²) >= 11 is 6.11. The zero-order valence-corrected chi connectivity index (χ0v) is 12.3. The Kier molecular flexibility index (Phi) is 4.45. The number of nitro benzene ring substituents is 1. The van der Waals surface area contributed by atoms with E-state index >= 15 is 0 Å². The van der Waals surface area contributed by atoms with Crippen LogP contribution >= 0.6 is 11.6 Å². The molecule has 0 aliphatic heterocycles. The first-order chi connectivity index (χ1) is 9.90. The van der Waals surface area contributed by atoms with E-state index < -0.39 is 11.0 Å². The van der Waals surface area contributed by atoms with Crippen molar-refractivity contribution in [2.24, 2.45) is 0 Å². The zero-order valence-electron chi connectivity index (χ0n) is 11.5. The summed E-state index contributed by atoms with van der Waals surface area (Å²) in [5.74, 6) is 0.751. The highest BCUT2D eigenvalue weighted by atomic mass is 35.5. The molecule has 1 unspecified atom stereocenters. The number of aliphatic hydroxyl groups excluding tert-OH is 1. The standard InChI is InChI=1S/C15H14ClNO4/c1-9-13(17(19)20)4-3-5-14(9)21-15-7-6-11(10(2)18)8-12(15)16/h3-8,10,18H,1-2H3. The molecule has 2 aromatic rings. The van der Waals surface area contributed by atoms with E-state index in [0.29, 0.717) is 27.6 Å². The average Bonchev–Trinajstić information content (AvgIpc) is 2.42. The van der Waals surface area contributed by atoms with Gasteiger partial charge in [-0.3, -0.25) is 10.1 Å². The topological polar surface area (TPSA) is 72.6 Å². The summed E-state index contributed by atoms with van der Waals surface area (Å²) in [6.07, 6.45) is -0.629. The molecule has 0 radical (unpaired) electrons. The van der Waals surface area contributed by atoms with Gasteiger partial charge >= 0.3 is 0 Å². The second-order valence-electron chi connectivity index (χ2n) is 4.63. The molecule has 0 amide bonds. The lowest BCUT2D eigenvalue weighted by atomic mass is 10.1. The number of aliphatic hydroxyl groups is 1. The van der Waals surface area contributed by atoms with Crippen molar-refractivity contribution in [3.05, 3.63) is 62.7 Å². The molecular formula is C15H14ClNO4. The van der Waals surface area contributed by atoms with Crippen molar-refractivity contribution in [1.29, 1.82) is 0 Å². The van der Waals surface area contributed by atoms with Crippen LogP contribution in [-0.2, 0) is 0 Å². The minimum atomic E-state index is -0.629. The molecule has 6 heteroatoms. The van der Waals surface area contributed by atoms with Crippen LogP contribution in [0.3, 0.4) is 0 Å². The molecule has 5 nitrogen and oxygen atoms in total. The molecule has 0 fully saturated rings. The first kappa shape index (κ1) is 15.3. The van der Waals surface area contributed by atoms with Gasteiger partial charge in [-0.1, -0.05) is 23.7 Å². The monoisotopic (exact) mass is 307 g/mol. The second-order valence-corrected chi connectivity index (χ2v) is 5.03. The summed E-state index contributed by atoms with van der Waals surface area (Å²) in [6.45, 7) is 3.25. The van der Waals surface area contributed by atoms with Gasteiger partial charge in [-0.2, -0.15) is 0 Å². The molecule has 0 saturated carbocycles. The van der Waals surface area contributed by atoms with Crippen LogP contribution in [0.1, 0.15) is 24.2 Å². The van der Waals surface area contributed by atoms with Crippen molar-refractivity contribution in [2.45, 2.75) is 20.0 Å². The van der Waals surface area contributed by atoms with Gasteiger partial charge in [-0.15, -0.1) is 0 Å². The Morgan fingerprint density at radius 2 is 2.00 bits per heavy atom. The molecule has 0 heterocycles.